The first-order valence-electron chi connectivity index (χ1n) is 9.88. The van der Waals surface area contributed by atoms with Gasteiger partial charge in [-0.15, -0.1) is 0 Å². The lowest BCUT2D eigenvalue weighted by molar-refractivity contribution is -0.134. The Morgan fingerprint density at radius 3 is 2.50 bits per heavy atom. The summed E-state index contributed by atoms with van der Waals surface area (Å²) in [4.78, 5) is 23.7. The van der Waals surface area contributed by atoms with Crippen LogP contribution < -0.4 is 10.1 Å². The highest BCUT2D eigenvalue weighted by atomic mass is 35.5. The molecule has 2 aromatic carbocycles. The third-order valence-corrected chi connectivity index (χ3v) is 5.37. The highest BCUT2D eigenvalue weighted by Crippen LogP contribution is 2.30. The van der Waals surface area contributed by atoms with E-state index in [1.165, 1.54) is 31.1 Å². The average molecular weight is 432 g/mol. The van der Waals surface area contributed by atoms with Gasteiger partial charge in [-0.1, -0.05) is 49.4 Å². The number of amides is 1. The van der Waals surface area contributed by atoms with Gasteiger partial charge in [0.25, 0.3) is 0 Å². The molecule has 0 atom stereocenters. The number of ether oxygens (including phenoxy) is 1. The summed E-state index contributed by atoms with van der Waals surface area (Å²) in [7, 11) is 0. The second-order valence-electron chi connectivity index (χ2n) is 7.35. The van der Waals surface area contributed by atoms with E-state index in [2.05, 4.69) is 5.32 Å². The molecule has 0 heterocycles. The molecule has 30 heavy (non-hydrogen) atoms. The summed E-state index contributed by atoms with van der Waals surface area (Å²) in [5.41, 5.74) is 0.405. The van der Waals surface area contributed by atoms with Crippen molar-refractivity contribution in [1.29, 1.82) is 0 Å². The molecule has 0 aliphatic heterocycles. The molecule has 1 amide bonds. The molecule has 0 radical (unpaired) electrons. The minimum atomic E-state index is -1.21. The molecule has 2 N–H and O–H groups in total. The number of nitrogens with one attached hydrogen (secondary N) is 1. The second-order valence-corrected chi connectivity index (χ2v) is 7.75. The van der Waals surface area contributed by atoms with Gasteiger partial charge in [-0.2, -0.15) is 0 Å². The fourth-order valence-electron chi connectivity index (χ4n) is 3.48. The Morgan fingerprint density at radius 2 is 1.87 bits per heavy atom. The van der Waals surface area contributed by atoms with E-state index in [4.69, 9.17) is 16.3 Å². The Balaban J connectivity index is 1.62. The van der Waals surface area contributed by atoms with E-state index in [1.807, 2.05) is 0 Å². The molecule has 0 aromatic heterocycles. The van der Waals surface area contributed by atoms with Gasteiger partial charge in [0.15, 0.2) is 0 Å². The number of carboxylic acid groups (broad SMARTS) is 1. The minimum Gasteiger partial charge on any atom is -0.477 e. The Hall–Kier alpha value is -2.86. The number of carboxylic acids is 1. The zero-order valence-corrected chi connectivity index (χ0v) is 17.1. The summed E-state index contributed by atoms with van der Waals surface area (Å²) >= 11 is 5.95. The number of aliphatic carboxylic acids is 1. The summed E-state index contributed by atoms with van der Waals surface area (Å²) < 4.78 is 18.7. The van der Waals surface area contributed by atoms with Crippen LogP contribution in [0.3, 0.4) is 0 Å². The first kappa shape index (κ1) is 21.8. The lowest BCUT2D eigenvalue weighted by Crippen LogP contribution is -2.27. The van der Waals surface area contributed by atoms with Crippen molar-refractivity contribution in [2.75, 3.05) is 0 Å². The summed E-state index contributed by atoms with van der Waals surface area (Å²) in [5.74, 6) is -0.626. The standard InChI is InChI=1S/C23H23ClFNO4/c24-19-14-17(25)8-11-21(19)30-18-9-5-16(6-10-18)13-20(23(28)29)26-22(27)12-7-15-3-1-2-4-15/h5-6,8-11,13-15H,1-4,7,12H2,(H,26,27)(H,28,29). The Labute approximate surface area is 179 Å². The van der Waals surface area contributed by atoms with Crippen LogP contribution in [0.1, 0.15) is 44.1 Å². The van der Waals surface area contributed by atoms with Crippen molar-refractivity contribution >= 4 is 29.6 Å². The first-order valence-corrected chi connectivity index (χ1v) is 10.3. The van der Waals surface area contributed by atoms with Crippen LogP contribution in [0.2, 0.25) is 5.02 Å². The number of carbonyl (C=O) groups excluding carboxylic acids is 1. The first-order chi connectivity index (χ1) is 14.4. The maximum atomic E-state index is 13.1. The number of hydrogen-bond acceptors (Lipinski definition) is 3. The van der Waals surface area contributed by atoms with E-state index in [9.17, 15) is 19.1 Å². The fraction of sp³-hybridized carbons (Fsp3) is 0.304. The molecule has 0 saturated heterocycles. The monoisotopic (exact) mass is 431 g/mol. The van der Waals surface area contributed by atoms with E-state index in [0.29, 0.717) is 29.4 Å². The number of hydrogen-bond donors (Lipinski definition) is 2. The molecule has 2 aromatic rings. The Morgan fingerprint density at radius 1 is 1.17 bits per heavy atom. The number of benzene rings is 2. The van der Waals surface area contributed by atoms with Gasteiger partial charge in [0.2, 0.25) is 5.91 Å². The van der Waals surface area contributed by atoms with Crippen molar-refractivity contribution in [3.05, 3.63) is 64.6 Å². The second kappa shape index (κ2) is 10.3. The summed E-state index contributed by atoms with van der Waals surface area (Å²) in [6.45, 7) is 0. The predicted octanol–water partition coefficient (Wildman–Crippen LogP) is 5.78. The summed E-state index contributed by atoms with van der Waals surface area (Å²) in [6.07, 6.45) is 7.21. The van der Waals surface area contributed by atoms with E-state index in [-0.39, 0.29) is 16.6 Å². The maximum Gasteiger partial charge on any atom is 0.352 e. The SMILES string of the molecule is O=C(CCC1CCCC1)NC(=Cc1ccc(Oc2ccc(F)cc2Cl)cc1)C(=O)O. The van der Waals surface area contributed by atoms with Gasteiger partial charge in [-0.25, -0.2) is 9.18 Å². The quantitative estimate of drug-likeness (QED) is 0.519. The van der Waals surface area contributed by atoms with Gasteiger partial charge in [0, 0.05) is 6.42 Å². The van der Waals surface area contributed by atoms with Crippen molar-refractivity contribution in [3.8, 4) is 11.5 Å². The summed E-state index contributed by atoms with van der Waals surface area (Å²) in [6, 6.07) is 10.4. The predicted molar refractivity (Wildman–Crippen MR) is 113 cm³/mol. The third kappa shape index (κ3) is 6.32. The molecular formula is C23H23ClFNO4. The van der Waals surface area contributed by atoms with E-state index in [0.717, 1.165) is 25.3 Å². The van der Waals surface area contributed by atoms with Gasteiger partial charge in [-0.3, -0.25) is 4.79 Å². The lowest BCUT2D eigenvalue weighted by atomic mass is 10.0. The summed E-state index contributed by atoms with van der Waals surface area (Å²) in [5, 5.41) is 12.1. The molecule has 0 unspecified atom stereocenters. The Kier molecular flexibility index (Phi) is 7.46. The number of halogens is 2. The molecule has 1 aliphatic rings. The van der Waals surface area contributed by atoms with Crippen molar-refractivity contribution in [2.24, 2.45) is 5.92 Å². The van der Waals surface area contributed by atoms with Gasteiger partial charge >= 0.3 is 5.97 Å². The Bertz CT molecular complexity index is 937. The third-order valence-electron chi connectivity index (χ3n) is 5.07. The molecule has 1 fully saturated rings. The van der Waals surface area contributed by atoms with Crippen LogP contribution in [-0.4, -0.2) is 17.0 Å². The van der Waals surface area contributed by atoms with E-state index in [1.54, 1.807) is 24.3 Å². The van der Waals surface area contributed by atoms with Gasteiger partial charge in [0.05, 0.1) is 5.02 Å². The molecular weight excluding hydrogens is 409 g/mol. The van der Waals surface area contributed by atoms with Crippen LogP contribution in [0.25, 0.3) is 6.08 Å². The van der Waals surface area contributed by atoms with Gasteiger partial charge < -0.3 is 15.2 Å². The molecule has 1 aliphatic carbocycles. The van der Waals surface area contributed by atoms with E-state index >= 15 is 0 Å². The molecule has 3 rings (SSSR count). The van der Waals surface area contributed by atoms with E-state index < -0.39 is 11.8 Å². The number of carbonyl (C=O) groups is 2. The average Bonchev–Trinajstić information content (AvgIpc) is 3.23. The van der Waals surface area contributed by atoms with Crippen molar-refractivity contribution in [2.45, 2.75) is 38.5 Å². The van der Waals surface area contributed by atoms with Crippen LogP contribution in [-0.2, 0) is 9.59 Å². The lowest BCUT2D eigenvalue weighted by Gasteiger charge is -2.10. The molecule has 0 spiro atoms. The molecule has 0 bridgehead atoms. The largest absolute Gasteiger partial charge is 0.477 e. The highest BCUT2D eigenvalue weighted by Gasteiger charge is 2.17. The molecule has 7 heteroatoms. The minimum absolute atomic E-state index is 0.146. The smallest absolute Gasteiger partial charge is 0.352 e. The molecule has 5 nitrogen and oxygen atoms in total. The fourth-order valence-corrected chi connectivity index (χ4v) is 3.69. The zero-order chi connectivity index (χ0) is 21.5. The van der Waals surface area contributed by atoms with Crippen LogP contribution in [0, 0.1) is 11.7 Å². The maximum absolute atomic E-state index is 13.1. The zero-order valence-electron chi connectivity index (χ0n) is 16.4. The van der Waals surface area contributed by atoms with Gasteiger partial charge in [-0.05, 0) is 54.3 Å². The number of rotatable bonds is 8. The normalized spacial score (nSPS) is 14.5. The van der Waals surface area contributed by atoms with Crippen LogP contribution >= 0.6 is 11.6 Å². The van der Waals surface area contributed by atoms with Crippen molar-refractivity contribution < 1.29 is 23.8 Å². The van der Waals surface area contributed by atoms with Crippen LogP contribution in [0.15, 0.2) is 48.2 Å². The van der Waals surface area contributed by atoms with Crippen LogP contribution in [0.4, 0.5) is 4.39 Å². The van der Waals surface area contributed by atoms with Gasteiger partial charge in [0.1, 0.15) is 23.0 Å². The molecule has 1 saturated carbocycles. The highest BCUT2D eigenvalue weighted by molar-refractivity contribution is 6.32. The van der Waals surface area contributed by atoms with Crippen molar-refractivity contribution in [3.63, 3.8) is 0 Å². The van der Waals surface area contributed by atoms with Crippen LogP contribution in [0.5, 0.6) is 11.5 Å². The molecule has 158 valence electrons. The van der Waals surface area contributed by atoms with Crippen molar-refractivity contribution in [1.82, 2.24) is 5.32 Å². The topological polar surface area (TPSA) is 75.6 Å².